The first kappa shape index (κ1) is 25.0. The highest BCUT2D eigenvalue weighted by Gasteiger charge is 2.15. The Morgan fingerprint density at radius 1 is 0.921 bits per heavy atom. The number of fused-ring (bicyclic) bond motifs is 1. The third-order valence-corrected chi connectivity index (χ3v) is 6.54. The summed E-state index contributed by atoms with van der Waals surface area (Å²) in [6.07, 6.45) is 6.93. The lowest BCUT2D eigenvalue weighted by Gasteiger charge is -2.10. The normalized spacial score (nSPS) is 11.1. The van der Waals surface area contributed by atoms with Crippen molar-refractivity contribution >= 4 is 28.7 Å². The largest absolute Gasteiger partial charge is 0.481 e. The second-order valence-electron chi connectivity index (χ2n) is 9.29. The zero-order valence-electron chi connectivity index (χ0n) is 21.2. The minimum atomic E-state index is -0.773. The van der Waals surface area contributed by atoms with E-state index in [2.05, 4.69) is 16.5 Å². The van der Waals surface area contributed by atoms with E-state index in [1.807, 2.05) is 89.4 Å². The SMILES string of the molecule is Cn1ncc2cc(-c3cccc(C(=O)Nc4nc(CCCCCC(=O)O)cn4-c4ccccc4)c3)ccc21. The van der Waals surface area contributed by atoms with Gasteiger partial charge in [-0.25, -0.2) is 4.98 Å². The minimum absolute atomic E-state index is 0.176. The van der Waals surface area contributed by atoms with Gasteiger partial charge in [0.2, 0.25) is 5.95 Å². The molecular weight excluding hydrogens is 478 g/mol. The van der Waals surface area contributed by atoms with Crippen LogP contribution in [0.25, 0.3) is 27.7 Å². The summed E-state index contributed by atoms with van der Waals surface area (Å²) in [6.45, 7) is 0. The second kappa shape index (κ2) is 11.1. The van der Waals surface area contributed by atoms with Gasteiger partial charge < -0.3 is 5.11 Å². The first-order valence-corrected chi connectivity index (χ1v) is 12.7. The first-order chi connectivity index (χ1) is 18.5. The third-order valence-electron chi connectivity index (χ3n) is 6.54. The maximum atomic E-state index is 13.3. The zero-order valence-corrected chi connectivity index (χ0v) is 21.2. The topological polar surface area (TPSA) is 102 Å². The number of aryl methyl sites for hydroxylation is 2. The maximum Gasteiger partial charge on any atom is 0.303 e. The van der Waals surface area contributed by atoms with Crippen molar-refractivity contribution in [3.63, 3.8) is 0 Å². The molecule has 8 heteroatoms. The summed E-state index contributed by atoms with van der Waals surface area (Å²) < 4.78 is 3.72. The number of amides is 1. The van der Waals surface area contributed by atoms with Gasteiger partial charge in [0.05, 0.1) is 17.4 Å². The lowest BCUT2D eigenvalue weighted by Crippen LogP contribution is -2.15. The molecule has 0 unspecified atom stereocenters. The molecule has 2 N–H and O–H groups in total. The van der Waals surface area contributed by atoms with Gasteiger partial charge >= 0.3 is 5.97 Å². The lowest BCUT2D eigenvalue weighted by molar-refractivity contribution is -0.137. The molecule has 0 fully saturated rings. The average molecular weight is 508 g/mol. The van der Waals surface area contributed by atoms with Gasteiger partial charge in [-0.2, -0.15) is 5.10 Å². The molecule has 0 saturated carbocycles. The number of nitrogens with one attached hydrogen (secondary N) is 1. The Kier molecular flexibility index (Phi) is 7.31. The number of para-hydroxylation sites is 1. The smallest absolute Gasteiger partial charge is 0.303 e. The number of hydrogen-bond donors (Lipinski definition) is 2. The van der Waals surface area contributed by atoms with Crippen LogP contribution in [0.4, 0.5) is 5.95 Å². The summed E-state index contributed by atoms with van der Waals surface area (Å²) in [6, 6.07) is 23.4. The van der Waals surface area contributed by atoms with Gasteiger partial charge in [-0.3, -0.25) is 24.2 Å². The van der Waals surface area contributed by atoms with E-state index < -0.39 is 5.97 Å². The number of carboxylic acid groups (broad SMARTS) is 1. The fraction of sp³-hybridized carbons (Fsp3) is 0.200. The van der Waals surface area contributed by atoms with Crippen LogP contribution in [-0.2, 0) is 18.3 Å². The van der Waals surface area contributed by atoms with Gasteiger partial charge in [0, 0.05) is 36.3 Å². The molecule has 8 nitrogen and oxygen atoms in total. The molecule has 2 aromatic heterocycles. The summed E-state index contributed by atoms with van der Waals surface area (Å²) in [5, 5.41) is 17.2. The number of anilines is 1. The van der Waals surface area contributed by atoms with Gasteiger partial charge in [-0.05, 0) is 66.8 Å². The van der Waals surface area contributed by atoms with Crippen molar-refractivity contribution in [2.45, 2.75) is 32.1 Å². The number of rotatable bonds is 10. The van der Waals surface area contributed by atoms with Crippen LogP contribution >= 0.6 is 0 Å². The van der Waals surface area contributed by atoms with Gasteiger partial charge in [0.25, 0.3) is 5.91 Å². The van der Waals surface area contributed by atoms with E-state index in [0.717, 1.165) is 46.3 Å². The predicted octanol–water partition coefficient (Wildman–Crippen LogP) is 5.87. The predicted molar refractivity (Wildman–Crippen MR) is 147 cm³/mol. The van der Waals surface area contributed by atoms with Crippen LogP contribution in [0.5, 0.6) is 0 Å². The molecule has 5 aromatic rings. The Labute approximate surface area is 220 Å². The first-order valence-electron chi connectivity index (χ1n) is 12.7. The molecule has 0 aliphatic rings. The summed E-state index contributed by atoms with van der Waals surface area (Å²) in [5.74, 6) is -0.570. The van der Waals surface area contributed by atoms with E-state index in [4.69, 9.17) is 10.1 Å². The van der Waals surface area contributed by atoms with Gasteiger partial charge in [0.15, 0.2) is 0 Å². The van der Waals surface area contributed by atoms with Crippen molar-refractivity contribution in [2.75, 3.05) is 5.32 Å². The van der Waals surface area contributed by atoms with Gasteiger partial charge in [-0.15, -0.1) is 0 Å². The fourth-order valence-electron chi connectivity index (χ4n) is 4.54. The highest BCUT2D eigenvalue weighted by Crippen LogP contribution is 2.26. The molecule has 0 aliphatic heterocycles. The average Bonchev–Trinajstić information content (AvgIpc) is 3.51. The van der Waals surface area contributed by atoms with Crippen LogP contribution in [0.2, 0.25) is 0 Å². The maximum absolute atomic E-state index is 13.3. The number of hydrogen-bond acceptors (Lipinski definition) is 4. The van der Waals surface area contributed by atoms with Crippen molar-refractivity contribution in [1.82, 2.24) is 19.3 Å². The van der Waals surface area contributed by atoms with Gasteiger partial charge in [-0.1, -0.05) is 42.8 Å². The highest BCUT2D eigenvalue weighted by molar-refractivity contribution is 6.04. The van der Waals surface area contributed by atoms with Crippen molar-refractivity contribution < 1.29 is 14.7 Å². The number of carbonyl (C=O) groups excluding carboxylic acids is 1. The molecule has 0 spiro atoms. The fourth-order valence-corrected chi connectivity index (χ4v) is 4.54. The van der Waals surface area contributed by atoms with Crippen LogP contribution in [0, 0.1) is 0 Å². The van der Waals surface area contributed by atoms with Gasteiger partial charge in [0.1, 0.15) is 0 Å². The second-order valence-corrected chi connectivity index (χ2v) is 9.29. The summed E-state index contributed by atoms with van der Waals surface area (Å²) >= 11 is 0. The van der Waals surface area contributed by atoms with Crippen LogP contribution in [0.15, 0.2) is 85.2 Å². The lowest BCUT2D eigenvalue weighted by atomic mass is 10.0. The van der Waals surface area contributed by atoms with Crippen molar-refractivity contribution in [1.29, 1.82) is 0 Å². The van der Waals surface area contributed by atoms with E-state index in [9.17, 15) is 9.59 Å². The number of imidazole rings is 1. The number of unbranched alkanes of at least 4 members (excludes halogenated alkanes) is 2. The van der Waals surface area contributed by atoms with E-state index >= 15 is 0 Å². The molecule has 0 radical (unpaired) electrons. The molecule has 0 saturated heterocycles. The Hall–Kier alpha value is -4.72. The minimum Gasteiger partial charge on any atom is -0.481 e. The van der Waals surface area contributed by atoms with Crippen molar-refractivity contribution in [2.24, 2.45) is 7.05 Å². The zero-order chi connectivity index (χ0) is 26.5. The number of carboxylic acids is 1. The number of carbonyl (C=O) groups is 2. The number of aromatic nitrogens is 4. The summed E-state index contributed by atoms with van der Waals surface area (Å²) in [7, 11) is 1.91. The van der Waals surface area contributed by atoms with E-state index in [1.165, 1.54) is 0 Å². The quantitative estimate of drug-likeness (QED) is 0.230. The van der Waals surface area contributed by atoms with E-state index in [-0.39, 0.29) is 12.3 Å². The van der Waals surface area contributed by atoms with Crippen molar-refractivity contribution in [3.8, 4) is 16.8 Å². The monoisotopic (exact) mass is 507 g/mol. The molecule has 2 heterocycles. The Morgan fingerprint density at radius 2 is 1.74 bits per heavy atom. The third kappa shape index (κ3) is 5.64. The Morgan fingerprint density at radius 3 is 2.55 bits per heavy atom. The van der Waals surface area contributed by atoms with Crippen molar-refractivity contribution in [3.05, 3.63) is 96.4 Å². The Balaban J connectivity index is 1.36. The molecule has 5 rings (SSSR count). The summed E-state index contributed by atoms with van der Waals surface area (Å²) in [4.78, 5) is 28.8. The molecule has 38 heavy (non-hydrogen) atoms. The van der Waals surface area contributed by atoms with Crippen LogP contribution in [0.1, 0.15) is 41.7 Å². The Bertz CT molecular complexity index is 1590. The van der Waals surface area contributed by atoms with E-state index in [0.29, 0.717) is 24.4 Å². The molecule has 1 amide bonds. The highest BCUT2D eigenvalue weighted by atomic mass is 16.4. The van der Waals surface area contributed by atoms with Crippen LogP contribution in [-0.4, -0.2) is 36.3 Å². The van der Waals surface area contributed by atoms with Crippen LogP contribution < -0.4 is 5.32 Å². The summed E-state index contributed by atoms with van der Waals surface area (Å²) in [5.41, 5.74) is 5.27. The number of nitrogens with zero attached hydrogens (tertiary/aromatic N) is 4. The molecular formula is C30H29N5O3. The molecule has 0 bridgehead atoms. The molecule has 3 aromatic carbocycles. The number of benzene rings is 3. The van der Waals surface area contributed by atoms with Crippen LogP contribution in [0.3, 0.4) is 0 Å². The molecule has 0 aliphatic carbocycles. The molecule has 0 atom stereocenters. The van der Waals surface area contributed by atoms with E-state index in [1.54, 1.807) is 6.07 Å². The number of aliphatic carboxylic acids is 1. The standard InChI is InChI=1S/C30H29N5O3/c1-34-27-16-15-22(18-24(27)19-31-34)21-9-8-10-23(17-21)29(38)33-30-32-25(11-4-2-7-14-28(36)37)20-35(30)26-12-5-3-6-13-26/h3,5-6,8-10,12-13,15-20H,2,4,7,11,14H2,1H3,(H,36,37)(H,32,33,38). The molecule has 192 valence electrons.